The van der Waals surface area contributed by atoms with Gasteiger partial charge >= 0.3 is 0 Å². The first-order chi connectivity index (χ1) is 10.4. The van der Waals surface area contributed by atoms with E-state index in [0.717, 1.165) is 51.1 Å². The van der Waals surface area contributed by atoms with E-state index in [1.165, 1.54) is 6.26 Å². The van der Waals surface area contributed by atoms with Gasteiger partial charge in [-0.3, -0.25) is 9.80 Å². The molecule has 0 bridgehead atoms. The quantitative estimate of drug-likeness (QED) is 0.885. The Bertz CT molecular complexity index is 601. The third kappa shape index (κ3) is 3.68. The van der Waals surface area contributed by atoms with Crippen LogP contribution >= 0.6 is 0 Å². The van der Waals surface area contributed by atoms with Crippen molar-refractivity contribution >= 4 is 9.84 Å². The number of sulfone groups is 1. The highest BCUT2D eigenvalue weighted by atomic mass is 32.2. The Hall–Kier alpha value is -0.950. The predicted molar refractivity (Wildman–Crippen MR) is 85.4 cm³/mol. The van der Waals surface area contributed by atoms with Crippen LogP contribution in [0.1, 0.15) is 18.4 Å². The fourth-order valence-electron chi connectivity index (χ4n) is 3.33. The van der Waals surface area contributed by atoms with E-state index in [1.807, 2.05) is 12.1 Å². The molecule has 2 aliphatic rings. The van der Waals surface area contributed by atoms with Crippen LogP contribution in [-0.4, -0.2) is 67.9 Å². The molecule has 0 atom stereocenters. The molecule has 6 heteroatoms. The minimum Gasteiger partial charge on any atom is -0.390 e. The molecule has 122 valence electrons. The Morgan fingerprint density at radius 3 is 2.23 bits per heavy atom. The van der Waals surface area contributed by atoms with Gasteiger partial charge in [-0.05, 0) is 43.6 Å². The summed E-state index contributed by atoms with van der Waals surface area (Å²) in [6.45, 7) is 4.66. The highest BCUT2D eigenvalue weighted by molar-refractivity contribution is 7.90. The Balaban J connectivity index is 1.50. The molecular formula is C16H24N2O3S. The van der Waals surface area contributed by atoms with Crippen molar-refractivity contribution in [3.8, 4) is 0 Å². The summed E-state index contributed by atoms with van der Waals surface area (Å²) in [6, 6.07) is 7.83. The molecule has 5 nitrogen and oxygen atoms in total. The summed E-state index contributed by atoms with van der Waals surface area (Å²) in [5.41, 5.74) is 1.16. The van der Waals surface area contributed by atoms with Crippen LogP contribution in [0, 0.1) is 0 Å². The maximum Gasteiger partial charge on any atom is 0.175 e. The molecule has 2 fully saturated rings. The van der Waals surface area contributed by atoms with E-state index in [0.29, 0.717) is 10.9 Å². The van der Waals surface area contributed by atoms with Crippen LogP contribution in [0.5, 0.6) is 0 Å². The molecule has 3 rings (SSSR count). The topological polar surface area (TPSA) is 60.9 Å². The fourth-order valence-corrected chi connectivity index (χ4v) is 3.96. The maximum absolute atomic E-state index is 11.5. The standard InChI is InChI=1S/C16H24N2O3S/c1-22(20,21)16-4-2-13(3-5-16)10-17-8-6-14(7-9-17)18-11-15(19)12-18/h2-5,14-15,19H,6-12H2,1H3. The summed E-state index contributed by atoms with van der Waals surface area (Å²) in [5.74, 6) is 0. The molecule has 0 aromatic heterocycles. The average Bonchev–Trinajstić information content (AvgIpc) is 2.45. The van der Waals surface area contributed by atoms with Crippen LogP contribution in [0.3, 0.4) is 0 Å². The minimum absolute atomic E-state index is 0.119. The van der Waals surface area contributed by atoms with Crippen LogP contribution in [-0.2, 0) is 16.4 Å². The third-order valence-electron chi connectivity index (χ3n) is 4.72. The van der Waals surface area contributed by atoms with E-state index in [2.05, 4.69) is 9.80 Å². The highest BCUT2D eigenvalue weighted by Gasteiger charge is 2.32. The van der Waals surface area contributed by atoms with Crippen LogP contribution < -0.4 is 0 Å². The van der Waals surface area contributed by atoms with Gasteiger partial charge in [-0.1, -0.05) is 12.1 Å². The van der Waals surface area contributed by atoms with Crippen molar-refractivity contribution in [3.05, 3.63) is 29.8 Å². The zero-order valence-corrected chi connectivity index (χ0v) is 13.8. The summed E-state index contributed by atoms with van der Waals surface area (Å²) in [6.07, 6.45) is 3.41. The molecule has 0 amide bonds. The molecule has 0 saturated carbocycles. The Morgan fingerprint density at radius 2 is 1.73 bits per heavy atom. The molecule has 0 unspecified atom stereocenters. The van der Waals surface area contributed by atoms with E-state index < -0.39 is 9.84 Å². The monoisotopic (exact) mass is 324 g/mol. The SMILES string of the molecule is CS(=O)(=O)c1ccc(CN2CCC(N3CC(O)C3)CC2)cc1. The van der Waals surface area contributed by atoms with E-state index in [9.17, 15) is 13.5 Å². The van der Waals surface area contributed by atoms with Crippen molar-refractivity contribution in [2.24, 2.45) is 0 Å². The number of hydrogen-bond donors (Lipinski definition) is 1. The zero-order chi connectivity index (χ0) is 15.7. The van der Waals surface area contributed by atoms with Gasteiger partial charge in [-0.15, -0.1) is 0 Å². The van der Waals surface area contributed by atoms with Crippen LogP contribution in [0.4, 0.5) is 0 Å². The van der Waals surface area contributed by atoms with Crippen molar-refractivity contribution in [1.29, 1.82) is 0 Å². The number of hydrogen-bond acceptors (Lipinski definition) is 5. The van der Waals surface area contributed by atoms with Crippen molar-refractivity contribution < 1.29 is 13.5 Å². The van der Waals surface area contributed by atoms with Gasteiger partial charge < -0.3 is 5.11 Å². The summed E-state index contributed by atoms with van der Waals surface area (Å²) >= 11 is 0. The summed E-state index contributed by atoms with van der Waals surface area (Å²) in [4.78, 5) is 5.18. The molecule has 0 spiro atoms. The lowest BCUT2D eigenvalue weighted by molar-refractivity contribution is -0.0402. The van der Waals surface area contributed by atoms with Crippen molar-refractivity contribution in [1.82, 2.24) is 9.80 Å². The number of piperidine rings is 1. The molecule has 0 aliphatic carbocycles. The van der Waals surface area contributed by atoms with Crippen molar-refractivity contribution in [2.75, 3.05) is 32.4 Å². The Morgan fingerprint density at radius 1 is 1.14 bits per heavy atom. The molecule has 0 radical (unpaired) electrons. The van der Waals surface area contributed by atoms with E-state index in [4.69, 9.17) is 0 Å². The van der Waals surface area contributed by atoms with Gasteiger partial charge in [-0.2, -0.15) is 0 Å². The lowest BCUT2D eigenvalue weighted by Crippen LogP contribution is -2.57. The van der Waals surface area contributed by atoms with Gasteiger partial charge in [0.25, 0.3) is 0 Å². The lowest BCUT2D eigenvalue weighted by Gasteiger charge is -2.45. The third-order valence-corrected chi connectivity index (χ3v) is 5.85. The van der Waals surface area contributed by atoms with Gasteiger partial charge in [0.1, 0.15) is 0 Å². The smallest absolute Gasteiger partial charge is 0.175 e. The van der Waals surface area contributed by atoms with E-state index in [1.54, 1.807) is 12.1 Å². The van der Waals surface area contributed by atoms with Crippen LogP contribution in [0.15, 0.2) is 29.2 Å². The second kappa shape index (κ2) is 6.28. The Kier molecular flexibility index (Phi) is 4.54. The first kappa shape index (κ1) is 15.9. The molecule has 2 saturated heterocycles. The number of benzene rings is 1. The molecular weight excluding hydrogens is 300 g/mol. The largest absolute Gasteiger partial charge is 0.390 e. The number of aliphatic hydroxyl groups is 1. The van der Waals surface area contributed by atoms with Crippen molar-refractivity contribution in [2.45, 2.75) is 36.4 Å². The summed E-state index contributed by atoms with van der Waals surface area (Å²) < 4.78 is 22.9. The van der Waals surface area contributed by atoms with E-state index >= 15 is 0 Å². The van der Waals surface area contributed by atoms with Gasteiger partial charge in [0, 0.05) is 31.9 Å². The zero-order valence-electron chi connectivity index (χ0n) is 13.0. The second-order valence-electron chi connectivity index (χ2n) is 6.53. The van der Waals surface area contributed by atoms with Gasteiger partial charge in [0.2, 0.25) is 0 Å². The molecule has 22 heavy (non-hydrogen) atoms. The first-order valence-electron chi connectivity index (χ1n) is 7.85. The Labute approximate surface area is 132 Å². The molecule has 2 heterocycles. The maximum atomic E-state index is 11.5. The summed E-state index contributed by atoms with van der Waals surface area (Å²) in [7, 11) is -3.11. The number of rotatable bonds is 4. The lowest BCUT2D eigenvalue weighted by atomic mass is 9.98. The van der Waals surface area contributed by atoms with Gasteiger partial charge in [0.05, 0.1) is 11.0 Å². The van der Waals surface area contributed by atoms with Crippen molar-refractivity contribution in [3.63, 3.8) is 0 Å². The number of β-amino-alcohol motifs (C(OH)–C–C–N with tert-alkyl or cyclic N) is 1. The molecule has 2 aliphatic heterocycles. The minimum atomic E-state index is -3.11. The molecule has 1 aromatic rings. The highest BCUT2D eigenvalue weighted by Crippen LogP contribution is 2.23. The number of nitrogens with zero attached hydrogens (tertiary/aromatic N) is 2. The van der Waals surface area contributed by atoms with E-state index in [-0.39, 0.29) is 6.10 Å². The average molecular weight is 324 g/mol. The summed E-state index contributed by atoms with van der Waals surface area (Å²) in [5, 5.41) is 9.38. The molecule has 1 aromatic carbocycles. The second-order valence-corrected chi connectivity index (χ2v) is 8.55. The molecule has 1 N–H and O–H groups in total. The fraction of sp³-hybridized carbons (Fsp3) is 0.625. The van der Waals surface area contributed by atoms with Crippen LogP contribution in [0.25, 0.3) is 0 Å². The predicted octanol–water partition coefficient (Wildman–Crippen LogP) is 0.731. The number of likely N-dealkylation sites (tertiary alicyclic amines) is 2. The normalized spacial score (nSPS) is 22.6. The van der Waals surface area contributed by atoms with Crippen LogP contribution in [0.2, 0.25) is 0 Å². The van der Waals surface area contributed by atoms with Gasteiger partial charge in [-0.25, -0.2) is 8.42 Å². The van der Waals surface area contributed by atoms with Gasteiger partial charge in [0.15, 0.2) is 9.84 Å². The first-order valence-corrected chi connectivity index (χ1v) is 9.74. The number of aliphatic hydroxyl groups excluding tert-OH is 1.